The van der Waals surface area contributed by atoms with E-state index in [0.717, 1.165) is 23.8 Å². The number of nitrogens with one attached hydrogen (secondary N) is 1. The maximum absolute atomic E-state index is 12.2. The van der Waals surface area contributed by atoms with Crippen molar-refractivity contribution in [3.8, 4) is 0 Å². The van der Waals surface area contributed by atoms with Crippen molar-refractivity contribution in [2.24, 2.45) is 0 Å². The second-order valence-electron chi connectivity index (χ2n) is 5.46. The van der Waals surface area contributed by atoms with Crippen molar-refractivity contribution in [3.05, 3.63) is 35.6 Å². The Morgan fingerprint density at radius 3 is 2.79 bits per heavy atom. The standard InChI is InChI=1S/C16H19NO2/c1-11-7-8-14-12(9-11)10-15(19-14)16(18)17-13-5-3-2-4-6-13/h7-10,13H,2-6H2,1H3,(H,17,18). The van der Waals surface area contributed by atoms with Crippen molar-refractivity contribution in [2.45, 2.75) is 45.1 Å². The average Bonchev–Trinajstić information content (AvgIpc) is 2.83. The molecule has 2 aromatic rings. The zero-order valence-corrected chi connectivity index (χ0v) is 11.2. The molecule has 1 aliphatic rings. The van der Waals surface area contributed by atoms with Gasteiger partial charge in [0.25, 0.3) is 5.91 Å². The number of carbonyl (C=O) groups is 1. The highest BCUT2D eigenvalue weighted by molar-refractivity contribution is 5.96. The van der Waals surface area contributed by atoms with E-state index in [1.807, 2.05) is 31.2 Å². The Morgan fingerprint density at radius 1 is 1.21 bits per heavy atom. The minimum atomic E-state index is -0.0826. The van der Waals surface area contributed by atoms with Gasteiger partial charge in [0.15, 0.2) is 5.76 Å². The van der Waals surface area contributed by atoms with Crippen molar-refractivity contribution in [3.63, 3.8) is 0 Å². The molecule has 0 aliphatic heterocycles. The summed E-state index contributed by atoms with van der Waals surface area (Å²) in [5, 5.41) is 4.07. The monoisotopic (exact) mass is 257 g/mol. The Hall–Kier alpha value is -1.77. The normalized spacial score (nSPS) is 16.7. The quantitative estimate of drug-likeness (QED) is 0.889. The van der Waals surface area contributed by atoms with Crippen LogP contribution in [-0.4, -0.2) is 11.9 Å². The van der Waals surface area contributed by atoms with Crippen molar-refractivity contribution in [1.82, 2.24) is 5.32 Å². The van der Waals surface area contributed by atoms with Crippen LogP contribution in [0, 0.1) is 6.92 Å². The van der Waals surface area contributed by atoms with Gasteiger partial charge in [-0.15, -0.1) is 0 Å². The fourth-order valence-corrected chi connectivity index (χ4v) is 2.78. The first-order chi connectivity index (χ1) is 9.22. The van der Waals surface area contributed by atoms with Gasteiger partial charge < -0.3 is 9.73 Å². The van der Waals surface area contributed by atoms with Gasteiger partial charge in [0.2, 0.25) is 0 Å². The molecule has 1 fully saturated rings. The molecule has 1 aromatic heterocycles. The first-order valence-corrected chi connectivity index (χ1v) is 7.03. The van der Waals surface area contributed by atoms with Crippen LogP contribution in [0.25, 0.3) is 11.0 Å². The highest BCUT2D eigenvalue weighted by Crippen LogP contribution is 2.22. The van der Waals surface area contributed by atoms with E-state index in [9.17, 15) is 4.79 Å². The highest BCUT2D eigenvalue weighted by Gasteiger charge is 2.19. The van der Waals surface area contributed by atoms with Crippen molar-refractivity contribution >= 4 is 16.9 Å². The zero-order chi connectivity index (χ0) is 13.2. The van der Waals surface area contributed by atoms with Gasteiger partial charge in [-0.1, -0.05) is 30.9 Å². The third-order valence-electron chi connectivity index (χ3n) is 3.84. The van der Waals surface area contributed by atoms with Gasteiger partial charge in [0.1, 0.15) is 5.58 Å². The van der Waals surface area contributed by atoms with Gasteiger partial charge >= 0.3 is 0 Å². The first-order valence-electron chi connectivity index (χ1n) is 7.03. The summed E-state index contributed by atoms with van der Waals surface area (Å²) in [7, 11) is 0. The molecule has 3 rings (SSSR count). The lowest BCUT2D eigenvalue weighted by Gasteiger charge is -2.22. The van der Waals surface area contributed by atoms with Crippen molar-refractivity contribution in [1.29, 1.82) is 0 Å². The number of fused-ring (bicyclic) bond motifs is 1. The predicted molar refractivity (Wildman–Crippen MR) is 75.3 cm³/mol. The van der Waals surface area contributed by atoms with Crippen LogP contribution in [-0.2, 0) is 0 Å². The molecule has 0 spiro atoms. The topological polar surface area (TPSA) is 42.2 Å². The summed E-state index contributed by atoms with van der Waals surface area (Å²) in [4.78, 5) is 12.2. The number of amides is 1. The molecule has 1 heterocycles. The van der Waals surface area contributed by atoms with Gasteiger partial charge in [0.05, 0.1) is 0 Å². The van der Waals surface area contributed by atoms with Gasteiger partial charge in [-0.3, -0.25) is 4.79 Å². The second kappa shape index (κ2) is 5.08. The third kappa shape index (κ3) is 2.65. The summed E-state index contributed by atoms with van der Waals surface area (Å²) in [5.41, 5.74) is 1.95. The van der Waals surface area contributed by atoms with E-state index in [0.29, 0.717) is 11.8 Å². The fourth-order valence-electron chi connectivity index (χ4n) is 2.78. The Balaban J connectivity index is 1.77. The molecule has 0 atom stereocenters. The van der Waals surface area contributed by atoms with E-state index in [4.69, 9.17) is 4.42 Å². The molecule has 3 nitrogen and oxygen atoms in total. The molecule has 1 amide bonds. The summed E-state index contributed by atoms with van der Waals surface area (Å²) in [6.45, 7) is 2.04. The number of carbonyl (C=O) groups excluding carboxylic acids is 1. The summed E-state index contributed by atoms with van der Waals surface area (Å²) in [6, 6.07) is 8.10. The van der Waals surface area contributed by atoms with Crippen LogP contribution in [0.4, 0.5) is 0 Å². The molecule has 0 radical (unpaired) electrons. The average molecular weight is 257 g/mol. The lowest BCUT2D eigenvalue weighted by Crippen LogP contribution is -2.35. The third-order valence-corrected chi connectivity index (χ3v) is 3.84. The Morgan fingerprint density at radius 2 is 2.00 bits per heavy atom. The maximum atomic E-state index is 12.2. The zero-order valence-electron chi connectivity index (χ0n) is 11.2. The fraction of sp³-hybridized carbons (Fsp3) is 0.438. The second-order valence-corrected chi connectivity index (χ2v) is 5.46. The van der Waals surface area contributed by atoms with Crippen LogP contribution in [0.3, 0.4) is 0 Å². The number of benzene rings is 1. The maximum Gasteiger partial charge on any atom is 0.287 e. The van der Waals surface area contributed by atoms with Gasteiger partial charge in [-0.05, 0) is 38.0 Å². The summed E-state index contributed by atoms with van der Waals surface area (Å²) < 4.78 is 5.61. The highest BCUT2D eigenvalue weighted by atomic mass is 16.3. The molecule has 1 N–H and O–H groups in total. The molecule has 100 valence electrons. The molecule has 0 saturated heterocycles. The van der Waals surface area contributed by atoms with Gasteiger partial charge in [0, 0.05) is 11.4 Å². The van der Waals surface area contributed by atoms with Gasteiger partial charge in [-0.2, -0.15) is 0 Å². The molecule has 1 saturated carbocycles. The minimum absolute atomic E-state index is 0.0826. The number of hydrogen-bond acceptors (Lipinski definition) is 2. The van der Waals surface area contributed by atoms with E-state index in [1.165, 1.54) is 24.8 Å². The number of aryl methyl sites for hydroxylation is 1. The van der Waals surface area contributed by atoms with Crippen LogP contribution in [0.15, 0.2) is 28.7 Å². The summed E-state index contributed by atoms with van der Waals surface area (Å²) in [6.07, 6.45) is 5.89. The van der Waals surface area contributed by atoms with Crippen molar-refractivity contribution < 1.29 is 9.21 Å². The van der Waals surface area contributed by atoms with Gasteiger partial charge in [-0.25, -0.2) is 0 Å². The lowest BCUT2D eigenvalue weighted by atomic mass is 9.95. The number of furan rings is 1. The number of hydrogen-bond donors (Lipinski definition) is 1. The van der Waals surface area contributed by atoms with E-state index in [-0.39, 0.29) is 5.91 Å². The molecular weight excluding hydrogens is 238 g/mol. The van der Waals surface area contributed by atoms with Crippen LogP contribution >= 0.6 is 0 Å². The molecule has 3 heteroatoms. The molecule has 1 aliphatic carbocycles. The van der Waals surface area contributed by atoms with Crippen LogP contribution < -0.4 is 5.32 Å². The molecule has 0 bridgehead atoms. The number of rotatable bonds is 2. The van der Waals surface area contributed by atoms with Crippen LogP contribution in [0.1, 0.15) is 48.2 Å². The van der Waals surface area contributed by atoms with E-state index in [1.54, 1.807) is 0 Å². The molecular formula is C16H19NO2. The van der Waals surface area contributed by atoms with Crippen LogP contribution in [0.2, 0.25) is 0 Å². The van der Waals surface area contributed by atoms with Crippen LogP contribution in [0.5, 0.6) is 0 Å². The predicted octanol–water partition coefficient (Wildman–Crippen LogP) is 3.80. The summed E-state index contributed by atoms with van der Waals surface area (Å²) >= 11 is 0. The Bertz CT molecular complexity index is 594. The van der Waals surface area contributed by atoms with E-state index < -0.39 is 0 Å². The minimum Gasteiger partial charge on any atom is -0.451 e. The van der Waals surface area contributed by atoms with E-state index in [2.05, 4.69) is 5.32 Å². The SMILES string of the molecule is Cc1ccc2oc(C(=O)NC3CCCCC3)cc2c1. The molecule has 0 unspecified atom stereocenters. The largest absolute Gasteiger partial charge is 0.451 e. The molecule has 1 aromatic carbocycles. The Kier molecular flexibility index (Phi) is 3.28. The first kappa shape index (κ1) is 12.3. The summed E-state index contributed by atoms with van der Waals surface area (Å²) in [5.74, 6) is 0.340. The van der Waals surface area contributed by atoms with Crippen molar-refractivity contribution in [2.75, 3.05) is 0 Å². The smallest absolute Gasteiger partial charge is 0.287 e. The Labute approximate surface area is 113 Å². The lowest BCUT2D eigenvalue weighted by molar-refractivity contribution is 0.0902. The molecule has 19 heavy (non-hydrogen) atoms. The van der Waals surface area contributed by atoms with E-state index >= 15 is 0 Å².